The number of thioether (sulfide) groups is 1. The smallest absolute Gasteiger partial charge is 0.233 e. The number of fused-ring (bicyclic) bond motifs is 1. The maximum absolute atomic E-state index is 13.4. The van der Waals surface area contributed by atoms with Gasteiger partial charge in [0.2, 0.25) is 5.91 Å². The first kappa shape index (κ1) is 18.5. The normalized spacial score (nSPS) is 14.7. The molecular formula is C19H17ClFN3OS2. The molecule has 0 radical (unpaired) electrons. The number of hydrogen-bond acceptors (Lipinski definition) is 5. The molecule has 4 nitrogen and oxygen atoms in total. The van der Waals surface area contributed by atoms with Gasteiger partial charge in [-0.1, -0.05) is 22.9 Å². The highest BCUT2D eigenvalue weighted by Gasteiger charge is 2.23. The quantitative estimate of drug-likeness (QED) is 0.580. The standard InChI is InChI=1S/C19H17ClFN3OS2/c20-13-1-4-15(5-2-13)26-12-18(25)23-7-9-24(10-8-23)19-22-16-6-3-14(21)11-17(16)27-19/h1-6,11H,7-10,12H2. The Morgan fingerprint density at radius 1 is 1.15 bits per heavy atom. The Hall–Kier alpha value is -1.83. The van der Waals surface area contributed by atoms with Gasteiger partial charge in [0.15, 0.2) is 5.13 Å². The second-order valence-corrected chi connectivity index (χ2v) is 8.71. The fraction of sp³-hybridized carbons (Fsp3) is 0.263. The number of thiazole rings is 1. The summed E-state index contributed by atoms with van der Waals surface area (Å²) in [6.07, 6.45) is 0. The van der Waals surface area contributed by atoms with Crippen LogP contribution in [0.3, 0.4) is 0 Å². The van der Waals surface area contributed by atoms with Crippen LogP contribution in [-0.2, 0) is 4.79 Å². The van der Waals surface area contributed by atoms with Crippen LogP contribution < -0.4 is 4.90 Å². The van der Waals surface area contributed by atoms with Crippen molar-refractivity contribution in [3.63, 3.8) is 0 Å². The summed E-state index contributed by atoms with van der Waals surface area (Å²) in [5.74, 6) is 0.314. The van der Waals surface area contributed by atoms with Crippen molar-refractivity contribution >= 4 is 56.0 Å². The van der Waals surface area contributed by atoms with Crippen LogP contribution in [0.2, 0.25) is 5.02 Å². The van der Waals surface area contributed by atoms with Crippen LogP contribution in [0.5, 0.6) is 0 Å². The summed E-state index contributed by atoms with van der Waals surface area (Å²) in [6, 6.07) is 12.2. The van der Waals surface area contributed by atoms with Crippen LogP contribution in [0.4, 0.5) is 9.52 Å². The number of carbonyl (C=O) groups is 1. The van der Waals surface area contributed by atoms with E-state index in [2.05, 4.69) is 9.88 Å². The highest BCUT2D eigenvalue weighted by atomic mass is 35.5. The molecule has 1 amide bonds. The van der Waals surface area contributed by atoms with Gasteiger partial charge in [-0.05, 0) is 42.5 Å². The van der Waals surface area contributed by atoms with E-state index >= 15 is 0 Å². The molecule has 3 aromatic rings. The van der Waals surface area contributed by atoms with E-state index in [-0.39, 0.29) is 11.7 Å². The maximum Gasteiger partial charge on any atom is 0.233 e. The van der Waals surface area contributed by atoms with Crippen LogP contribution in [0.1, 0.15) is 0 Å². The van der Waals surface area contributed by atoms with E-state index in [9.17, 15) is 9.18 Å². The highest BCUT2D eigenvalue weighted by Crippen LogP contribution is 2.30. The third-order valence-corrected chi connectivity index (χ3v) is 6.75. The van der Waals surface area contributed by atoms with Gasteiger partial charge in [-0.2, -0.15) is 0 Å². The minimum absolute atomic E-state index is 0.140. The lowest BCUT2D eigenvalue weighted by Gasteiger charge is -2.34. The topological polar surface area (TPSA) is 36.4 Å². The summed E-state index contributed by atoms with van der Waals surface area (Å²) in [5, 5.41) is 1.58. The molecule has 0 atom stereocenters. The fourth-order valence-electron chi connectivity index (χ4n) is 2.94. The predicted octanol–water partition coefficient (Wildman–Crippen LogP) is 4.53. The lowest BCUT2D eigenvalue weighted by Crippen LogP contribution is -2.49. The van der Waals surface area contributed by atoms with Gasteiger partial charge in [0.05, 0.1) is 16.0 Å². The van der Waals surface area contributed by atoms with E-state index in [1.165, 1.54) is 35.2 Å². The number of rotatable bonds is 4. The predicted molar refractivity (Wildman–Crippen MR) is 111 cm³/mol. The Kier molecular flexibility index (Phi) is 5.52. The largest absolute Gasteiger partial charge is 0.345 e. The van der Waals surface area contributed by atoms with E-state index in [4.69, 9.17) is 11.6 Å². The Morgan fingerprint density at radius 3 is 2.63 bits per heavy atom. The summed E-state index contributed by atoms with van der Waals surface area (Å²) in [7, 11) is 0. The van der Waals surface area contributed by atoms with Crippen LogP contribution >= 0.6 is 34.7 Å². The molecule has 2 aromatic carbocycles. The number of anilines is 1. The number of hydrogen-bond donors (Lipinski definition) is 0. The van der Waals surface area contributed by atoms with Gasteiger partial charge in [0.1, 0.15) is 5.82 Å². The van der Waals surface area contributed by atoms with Gasteiger partial charge < -0.3 is 9.80 Å². The molecule has 0 N–H and O–H groups in total. The Morgan fingerprint density at radius 2 is 1.89 bits per heavy atom. The van der Waals surface area contributed by atoms with Crippen LogP contribution in [0.15, 0.2) is 47.4 Å². The molecule has 1 aromatic heterocycles. The van der Waals surface area contributed by atoms with Crippen molar-refractivity contribution < 1.29 is 9.18 Å². The number of aromatic nitrogens is 1. The van der Waals surface area contributed by atoms with Crippen molar-refractivity contribution in [1.29, 1.82) is 0 Å². The first-order chi connectivity index (χ1) is 13.1. The molecule has 1 aliphatic heterocycles. The number of nitrogens with zero attached hydrogens (tertiary/aromatic N) is 3. The number of halogens is 2. The van der Waals surface area contributed by atoms with E-state index < -0.39 is 0 Å². The van der Waals surface area contributed by atoms with Gasteiger partial charge in [0, 0.05) is 36.1 Å². The molecule has 140 valence electrons. The Bertz CT molecular complexity index is 955. The number of piperazine rings is 1. The van der Waals surface area contributed by atoms with Crippen molar-refractivity contribution in [3.8, 4) is 0 Å². The van der Waals surface area contributed by atoms with Gasteiger partial charge >= 0.3 is 0 Å². The second-order valence-electron chi connectivity index (χ2n) is 6.22. The fourth-order valence-corrected chi connectivity index (χ4v) is 4.91. The van der Waals surface area contributed by atoms with Crippen LogP contribution in [0.25, 0.3) is 10.2 Å². The van der Waals surface area contributed by atoms with Gasteiger partial charge in [-0.25, -0.2) is 9.37 Å². The van der Waals surface area contributed by atoms with E-state index in [1.54, 1.807) is 6.07 Å². The molecule has 0 saturated carbocycles. The van der Waals surface area contributed by atoms with Gasteiger partial charge in [0.25, 0.3) is 0 Å². The number of amides is 1. The van der Waals surface area contributed by atoms with E-state index in [0.29, 0.717) is 23.9 Å². The molecule has 1 aliphatic rings. The van der Waals surface area contributed by atoms with Crippen molar-refractivity contribution in [1.82, 2.24) is 9.88 Å². The van der Waals surface area contributed by atoms with Crippen LogP contribution in [-0.4, -0.2) is 47.7 Å². The molecule has 1 saturated heterocycles. The second kappa shape index (κ2) is 8.04. The summed E-state index contributed by atoms with van der Waals surface area (Å²) in [4.78, 5) is 22.2. The maximum atomic E-state index is 13.4. The molecule has 27 heavy (non-hydrogen) atoms. The van der Waals surface area contributed by atoms with Crippen molar-refractivity contribution in [2.45, 2.75) is 4.90 Å². The summed E-state index contributed by atoms with van der Waals surface area (Å²) in [6.45, 7) is 2.81. The zero-order chi connectivity index (χ0) is 18.8. The van der Waals surface area contributed by atoms with Crippen LogP contribution in [0, 0.1) is 5.82 Å². The SMILES string of the molecule is O=C(CSc1ccc(Cl)cc1)N1CCN(c2nc3ccc(F)cc3s2)CC1. The van der Waals surface area contributed by atoms with Crippen molar-refractivity contribution in [2.75, 3.05) is 36.8 Å². The Balaban J connectivity index is 1.32. The third kappa shape index (κ3) is 4.36. The number of carbonyl (C=O) groups excluding carboxylic acids is 1. The molecule has 0 aliphatic carbocycles. The lowest BCUT2D eigenvalue weighted by atomic mass is 10.3. The first-order valence-electron chi connectivity index (χ1n) is 8.56. The van der Waals surface area contributed by atoms with Crippen molar-refractivity contribution in [3.05, 3.63) is 53.3 Å². The molecule has 0 unspecified atom stereocenters. The zero-order valence-corrected chi connectivity index (χ0v) is 16.8. The molecule has 0 bridgehead atoms. The molecule has 1 fully saturated rings. The highest BCUT2D eigenvalue weighted by molar-refractivity contribution is 8.00. The summed E-state index contributed by atoms with van der Waals surface area (Å²) >= 11 is 8.90. The van der Waals surface area contributed by atoms with E-state index in [1.807, 2.05) is 29.2 Å². The monoisotopic (exact) mass is 421 g/mol. The van der Waals surface area contributed by atoms with Gasteiger partial charge in [-0.15, -0.1) is 11.8 Å². The summed E-state index contributed by atoms with van der Waals surface area (Å²) < 4.78 is 14.2. The minimum Gasteiger partial charge on any atom is -0.345 e. The third-order valence-electron chi connectivity index (χ3n) is 4.42. The minimum atomic E-state index is -0.244. The molecule has 8 heteroatoms. The summed E-state index contributed by atoms with van der Waals surface area (Å²) in [5.41, 5.74) is 0.814. The van der Waals surface area contributed by atoms with Gasteiger partial charge in [-0.3, -0.25) is 4.79 Å². The molecular weight excluding hydrogens is 405 g/mol. The molecule has 4 rings (SSSR count). The molecule has 0 spiro atoms. The zero-order valence-electron chi connectivity index (χ0n) is 14.4. The Labute approximate surface area is 169 Å². The van der Waals surface area contributed by atoms with E-state index in [0.717, 1.165) is 33.3 Å². The number of benzene rings is 2. The lowest BCUT2D eigenvalue weighted by molar-refractivity contribution is -0.128. The van der Waals surface area contributed by atoms with Crippen molar-refractivity contribution in [2.24, 2.45) is 0 Å². The molecule has 2 heterocycles. The first-order valence-corrected chi connectivity index (χ1v) is 10.7. The average molecular weight is 422 g/mol. The average Bonchev–Trinajstić information content (AvgIpc) is 3.10.